The molecule has 1 amide bonds. The van der Waals surface area contributed by atoms with E-state index in [9.17, 15) is 9.59 Å². The molecule has 2 N–H and O–H groups in total. The highest BCUT2D eigenvalue weighted by Gasteiger charge is 2.17. The van der Waals surface area contributed by atoms with E-state index in [-0.39, 0.29) is 11.6 Å². The van der Waals surface area contributed by atoms with Gasteiger partial charge in [0.15, 0.2) is 0 Å². The van der Waals surface area contributed by atoms with Crippen LogP contribution >= 0.6 is 0 Å². The summed E-state index contributed by atoms with van der Waals surface area (Å²) in [6, 6.07) is 8.89. The highest BCUT2D eigenvalue weighted by atomic mass is 16.5. The Balaban J connectivity index is 2.23. The van der Waals surface area contributed by atoms with Gasteiger partial charge in [-0.25, -0.2) is 4.79 Å². The Bertz CT molecular complexity index is 642. The second-order valence-corrected chi connectivity index (χ2v) is 4.55. The lowest BCUT2D eigenvalue weighted by Gasteiger charge is -2.05. The summed E-state index contributed by atoms with van der Waals surface area (Å²) < 4.78 is 4.67. The molecule has 2 rings (SSSR count). The standard InChI is InChI=1S/C15H16N2O3/c1-9-4-6-11(7-5-9)14(18)17-12-8-10(2)16-13(12)15(19)20-3/h4-8,16H,1-3H3,(H,17,18). The lowest BCUT2D eigenvalue weighted by Crippen LogP contribution is -2.14. The average Bonchev–Trinajstić information content (AvgIpc) is 2.79. The summed E-state index contributed by atoms with van der Waals surface area (Å²) in [4.78, 5) is 26.6. The quantitative estimate of drug-likeness (QED) is 0.844. The van der Waals surface area contributed by atoms with Gasteiger partial charge in [0.2, 0.25) is 0 Å². The maximum atomic E-state index is 12.1. The third kappa shape index (κ3) is 2.88. The van der Waals surface area contributed by atoms with Crippen LogP contribution in [-0.2, 0) is 4.74 Å². The Morgan fingerprint density at radius 3 is 2.40 bits per heavy atom. The van der Waals surface area contributed by atoms with Gasteiger partial charge in [-0.05, 0) is 32.0 Å². The van der Waals surface area contributed by atoms with Crippen molar-refractivity contribution in [3.05, 3.63) is 52.8 Å². The number of methoxy groups -OCH3 is 1. The lowest BCUT2D eigenvalue weighted by atomic mass is 10.1. The number of amides is 1. The Kier molecular flexibility index (Phi) is 3.89. The number of carbonyl (C=O) groups is 2. The largest absolute Gasteiger partial charge is 0.464 e. The number of ether oxygens (including phenoxy) is 1. The number of benzene rings is 1. The highest BCUT2D eigenvalue weighted by Crippen LogP contribution is 2.19. The number of aryl methyl sites for hydroxylation is 2. The molecule has 2 aromatic rings. The van der Waals surface area contributed by atoms with Gasteiger partial charge < -0.3 is 15.0 Å². The van der Waals surface area contributed by atoms with E-state index in [2.05, 4.69) is 15.0 Å². The minimum absolute atomic E-state index is 0.241. The zero-order valence-electron chi connectivity index (χ0n) is 11.6. The smallest absolute Gasteiger partial charge is 0.356 e. The van der Waals surface area contributed by atoms with Crippen LogP contribution < -0.4 is 5.32 Å². The van der Waals surface area contributed by atoms with Gasteiger partial charge in [-0.3, -0.25) is 4.79 Å². The van der Waals surface area contributed by atoms with Crippen molar-refractivity contribution in [2.75, 3.05) is 12.4 Å². The number of anilines is 1. The fraction of sp³-hybridized carbons (Fsp3) is 0.200. The van der Waals surface area contributed by atoms with Gasteiger partial charge in [0.1, 0.15) is 5.69 Å². The monoisotopic (exact) mass is 272 g/mol. The van der Waals surface area contributed by atoms with Gasteiger partial charge >= 0.3 is 5.97 Å². The predicted octanol–water partition coefficient (Wildman–Crippen LogP) is 2.67. The van der Waals surface area contributed by atoms with Crippen LogP contribution in [0.4, 0.5) is 5.69 Å². The Morgan fingerprint density at radius 2 is 1.80 bits per heavy atom. The summed E-state index contributed by atoms with van der Waals surface area (Å²) in [5.41, 5.74) is 3.04. The first-order valence-corrected chi connectivity index (χ1v) is 6.17. The van der Waals surface area contributed by atoms with Crippen molar-refractivity contribution in [2.24, 2.45) is 0 Å². The molecular weight excluding hydrogens is 256 g/mol. The molecule has 5 nitrogen and oxygen atoms in total. The fourth-order valence-electron chi connectivity index (χ4n) is 1.85. The van der Waals surface area contributed by atoms with E-state index in [0.717, 1.165) is 11.3 Å². The molecule has 0 radical (unpaired) electrons. The van der Waals surface area contributed by atoms with Crippen molar-refractivity contribution in [1.82, 2.24) is 4.98 Å². The second kappa shape index (κ2) is 5.61. The predicted molar refractivity (Wildman–Crippen MR) is 76.0 cm³/mol. The van der Waals surface area contributed by atoms with Crippen LogP contribution in [0.3, 0.4) is 0 Å². The summed E-state index contributed by atoms with van der Waals surface area (Å²) in [6.45, 7) is 3.75. The van der Waals surface area contributed by atoms with Crippen LogP contribution in [0, 0.1) is 13.8 Å². The number of nitrogens with one attached hydrogen (secondary N) is 2. The first-order valence-electron chi connectivity index (χ1n) is 6.17. The van der Waals surface area contributed by atoms with E-state index in [1.807, 2.05) is 19.1 Å². The fourth-order valence-corrected chi connectivity index (χ4v) is 1.85. The highest BCUT2D eigenvalue weighted by molar-refractivity contribution is 6.07. The summed E-state index contributed by atoms with van der Waals surface area (Å²) in [6.07, 6.45) is 0. The zero-order chi connectivity index (χ0) is 14.7. The molecule has 20 heavy (non-hydrogen) atoms. The maximum absolute atomic E-state index is 12.1. The van der Waals surface area contributed by atoms with E-state index in [0.29, 0.717) is 11.3 Å². The van der Waals surface area contributed by atoms with Crippen LogP contribution in [0.1, 0.15) is 32.1 Å². The van der Waals surface area contributed by atoms with Crippen molar-refractivity contribution >= 4 is 17.6 Å². The number of H-pyrrole nitrogens is 1. The number of rotatable bonds is 3. The first-order chi connectivity index (χ1) is 9.51. The Morgan fingerprint density at radius 1 is 1.15 bits per heavy atom. The van der Waals surface area contributed by atoms with Gasteiger partial charge in [-0.1, -0.05) is 17.7 Å². The van der Waals surface area contributed by atoms with E-state index < -0.39 is 5.97 Å². The molecule has 1 aromatic heterocycles. The van der Waals surface area contributed by atoms with E-state index in [1.54, 1.807) is 25.1 Å². The van der Waals surface area contributed by atoms with Crippen molar-refractivity contribution in [3.8, 4) is 0 Å². The van der Waals surface area contributed by atoms with Crippen molar-refractivity contribution in [3.63, 3.8) is 0 Å². The summed E-state index contributed by atoms with van der Waals surface area (Å²) in [5, 5.41) is 2.71. The molecule has 0 aliphatic rings. The van der Waals surface area contributed by atoms with Crippen LogP contribution in [0.25, 0.3) is 0 Å². The second-order valence-electron chi connectivity index (χ2n) is 4.55. The molecule has 104 valence electrons. The zero-order valence-corrected chi connectivity index (χ0v) is 11.6. The van der Waals surface area contributed by atoms with Gasteiger partial charge in [0, 0.05) is 11.3 Å². The van der Waals surface area contributed by atoms with E-state index in [4.69, 9.17) is 0 Å². The van der Waals surface area contributed by atoms with Gasteiger partial charge in [-0.15, -0.1) is 0 Å². The molecule has 0 saturated carbocycles. The molecule has 1 aromatic carbocycles. The molecular formula is C15H16N2O3. The SMILES string of the molecule is COC(=O)c1[nH]c(C)cc1NC(=O)c1ccc(C)cc1. The molecule has 0 atom stereocenters. The molecule has 0 aliphatic heterocycles. The van der Waals surface area contributed by atoms with Crippen LogP contribution in [0.2, 0.25) is 0 Å². The molecule has 0 spiro atoms. The molecule has 0 unspecified atom stereocenters. The van der Waals surface area contributed by atoms with Crippen molar-refractivity contribution < 1.29 is 14.3 Å². The summed E-state index contributed by atoms with van der Waals surface area (Å²) in [5.74, 6) is -0.786. The molecule has 5 heteroatoms. The third-order valence-corrected chi connectivity index (χ3v) is 2.90. The topological polar surface area (TPSA) is 71.2 Å². The van der Waals surface area contributed by atoms with Gasteiger partial charge in [0.05, 0.1) is 12.8 Å². The van der Waals surface area contributed by atoms with E-state index >= 15 is 0 Å². The Labute approximate surface area is 117 Å². The lowest BCUT2D eigenvalue weighted by molar-refractivity contribution is 0.0596. The number of esters is 1. The third-order valence-electron chi connectivity index (χ3n) is 2.90. The normalized spacial score (nSPS) is 10.2. The number of carbonyl (C=O) groups excluding carboxylic acids is 2. The van der Waals surface area contributed by atoms with Crippen molar-refractivity contribution in [2.45, 2.75) is 13.8 Å². The van der Waals surface area contributed by atoms with Crippen LogP contribution in [0.5, 0.6) is 0 Å². The minimum atomic E-state index is -0.516. The summed E-state index contributed by atoms with van der Waals surface area (Å²) in [7, 11) is 1.30. The minimum Gasteiger partial charge on any atom is -0.464 e. The average molecular weight is 272 g/mol. The molecule has 0 fully saturated rings. The number of hydrogen-bond donors (Lipinski definition) is 2. The van der Waals surface area contributed by atoms with Crippen LogP contribution in [-0.4, -0.2) is 24.0 Å². The molecule has 0 aliphatic carbocycles. The van der Waals surface area contributed by atoms with Crippen LogP contribution in [0.15, 0.2) is 30.3 Å². The maximum Gasteiger partial charge on any atom is 0.356 e. The summed E-state index contributed by atoms with van der Waals surface area (Å²) >= 11 is 0. The molecule has 1 heterocycles. The number of aromatic nitrogens is 1. The van der Waals surface area contributed by atoms with E-state index in [1.165, 1.54) is 7.11 Å². The molecule has 0 bridgehead atoms. The van der Waals surface area contributed by atoms with Gasteiger partial charge in [-0.2, -0.15) is 0 Å². The Hall–Kier alpha value is -2.56. The van der Waals surface area contributed by atoms with Crippen molar-refractivity contribution in [1.29, 1.82) is 0 Å². The number of aromatic amines is 1. The van der Waals surface area contributed by atoms with Gasteiger partial charge in [0.25, 0.3) is 5.91 Å². The molecule has 0 saturated heterocycles. The number of hydrogen-bond acceptors (Lipinski definition) is 3. The first kappa shape index (κ1) is 13.9.